The van der Waals surface area contributed by atoms with Crippen LogP contribution in [0.25, 0.3) is 20.8 Å². The quantitative estimate of drug-likeness (QED) is 0.300. The number of carbonyl (C=O) groups excluding carboxylic acids is 2. The molecule has 31 heavy (non-hydrogen) atoms. The Kier molecular flexibility index (Phi) is 8.05. The van der Waals surface area contributed by atoms with Gasteiger partial charge in [0, 0.05) is 24.8 Å². The Balaban J connectivity index is 1.49. The molecule has 0 aliphatic heterocycles. The predicted octanol–water partition coefficient (Wildman–Crippen LogP) is 4.05. The van der Waals surface area contributed by atoms with Crippen LogP contribution in [0.3, 0.4) is 0 Å². The number of thiocarbonyl (C=S) groups is 1. The molecule has 0 unspecified atom stereocenters. The first-order valence-electron chi connectivity index (χ1n) is 9.67. The molecular formula is C22H23N3O4S2. The maximum Gasteiger partial charge on any atom is 0.306 e. The fraction of sp³-hybridized carbons (Fsp3) is 0.273. The van der Waals surface area contributed by atoms with E-state index in [9.17, 15) is 9.59 Å². The molecule has 0 saturated carbocycles. The Hall–Kier alpha value is -2.88. The average Bonchev–Trinajstić information content (AvgIpc) is 3.16. The summed E-state index contributed by atoms with van der Waals surface area (Å²) in [6.45, 7) is 2.56. The van der Waals surface area contributed by atoms with E-state index in [4.69, 9.17) is 21.7 Å². The minimum absolute atomic E-state index is 0.0103. The van der Waals surface area contributed by atoms with E-state index in [1.54, 1.807) is 11.3 Å². The van der Waals surface area contributed by atoms with Gasteiger partial charge >= 0.3 is 5.97 Å². The molecule has 0 fully saturated rings. The number of rotatable bonds is 8. The van der Waals surface area contributed by atoms with E-state index >= 15 is 0 Å². The van der Waals surface area contributed by atoms with Crippen molar-refractivity contribution in [2.24, 2.45) is 0 Å². The minimum atomic E-state index is -0.452. The molecule has 0 atom stereocenters. The van der Waals surface area contributed by atoms with Crippen molar-refractivity contribution < 1.29 is 19.1 Å². The summed E-state index contributed by atoms with van der Waals surface area (Å²) in [5.74, 6) is -0.811. The van der Waals surface area contributed by atoms with Crippen LogP contribution in [0.15, 0.2) is 42.5 Å². The highest BCUT2D eigenvalue weighted by Gasteiger charge is 2.10. The summed E-state index contributed by atoms with van der Waals surface area (Å²) in [5.41, 5.74) is 3.94. The van der Waals surface area contributed by atoms with Crippen LogP contribution in [0.1, 0.15) is 18.4 Å². The minimum Gasteiger partial charge on any atom is -0.463 e. The number of thiazole rings is 1. The molecule has 1 amide bonds. The molecule has 0 saturated heterocycles. The van der Waals surface area contributed by atoms with Gasteiger partial charge in [-0.1, -0.05) is 6.07 Å². The molecule has 0 spiro atoms. The highest BCUT2D eigenvalue weighted by molar-refractivity contribution is 7.80. The number of esters is 1. The van der Waals surface area contributed by atoms with Gasteiger partial charge in [0.25, 0.3) is 0 Å². The van der Waals surface area contributed by atoms with Crippen molar-refractivity contribution in [3.05, 3.63) is 48.0 Å². The Bertz CT molecular complexity index is 1080. The number of anilines is 1. The van der Waals surface area contributed by atoms with Gasteiger partial charge in [0.1, 0.15) is 11.6 Å². The standard InChI is InChI=1S/C22H23N3O4S2/c1-14-3-8-17-18(13-14)31-21(24-17)15-4-6-16(7-5-15)23-22(30)25-19(26)9-10-20(27)29-12-11-28-2/h3-8,13H,9-12H2,1-2H3,(H2,23,25,26,30). The van der Waals surface area contributed by atoms with Gasteiger partial charge < -0.3 is 20.1 Å². The number of aryl methyl sites for hydroxylation is 1. The lowest BCUT2D eigenvalue weighted by atomic mass is 10.2. The third-order valence-electron chi connectivity index (χ3n) is 4.29. The number of amides is 1. The fourth-order valence-electron chi connectivity index (χ4n) is 2.73. The number of nitrogens with zero attached hydrogens (tertiary/aromatic N) is 1. The Morgan fingerprint density at radius 2 is 1.87 bits per heavy atom. The molecular weight excluding hydrogens is 434 g/mol. The van der Waals surface area contributed by atoms with Crippen LogP contribution < -0.4 is 10.6 Å². The van der Waals surface area contributed by atoms with E-state index in [0.717, 1.165) is 26.5 Å². The Morgan fingerprint density at radius 3 is 2.61 bits per heavy atom. The first-order chi connectivity index (χ1) is 14.9. The highest BCUT2D eigenvalue weighted by Crippen LogP contribution is 2.31. The Labute approximate surface area is 189 Å². The number of fused-ring (bicyclic) bond motifs is 1. The second kappa shape index (κ2) is 10.9. The van der Waals surface area contributed by atoms with Gasteiger partial charge in [-0.3, -0.25) is 9.59 Å². The number of methoxy groups -OCH3 is 1. The summed E-state index contributed by atoms with van der Waals surface area (Å²) in [4.78, 5) is 28.1. The van der Waals surface area contributed by atoms with E-state index in [1.807, 2.05) is 30.3 Å². The van der Waals surface area contributed by atoms with Gasteiger partial charge in [0.2, 0.25) is 5.91 Å². The van der Waals surface area contributed by atoms with Crippen molar-refractivity contribution >= 4 is 56.4 Å². The molecule has 0 aliphatic rings. The number of hydrogen-bond acceptors (Lipinski definition) is 7. The zero-order chi connectivity index (χ0) is 22.2. The average molecular weight is 458 g/mol. The lowest BCUT2D eigenvalue weighted by molar-refractivity contribution is -0.146. The van der Waals surface area contributed by atoms with E-state index in [-0.39, 0.29) is 30.5 Å². The molecule has 0 radical (unpaired) electrons. The molecule has 9 heteroatoms. The largest absolute Gasteiger partial charge is 0.463 e. The number of aromatic nitrogens is 1. The van der Waals surface area contributed by atoms with Crippen LogP contribution in [0, 0.1) is 6.92 Å². The van der Waals surface area contributed by atoms with Crippen LogP contribution in [0.4, 0.5) is 5.69 Å². The lowest BCUT2D eigenvalue weighted by Crippen LogP contribution is -2.34. The third-order valence-corrected chi connectivity index (χ3v) is 5.56. The summed E-state index contributed by atoms with van der Waals surface area (Å²) in [6.07, 6.45) is -0.0296. The normalized spacial score (nSPS) is 10.6. The highest BCUT2D eigenvalue weighted by atomic mass is 32.1. The molecule has 1 aromatic heterocycles. The van der Waals surface area contributed by atoms with Crippen LogP contribution in [0.2, 0.25) is 0 Å². The Morgan fingerprint density at radius 1 is 1.10 bits per heavy atom. The molecule has 1 heterocycles. The maximum atomic E-state index is 11.9. The van der Waals surface area contributed by atoms with Crippen molar-refractivity contribution in [3.8, 4) is 10.6 Å². The summed E-state index contributed by atoms with van der Waals surface area (Å²) < 4.78 is 10.9. The smallest absolute Gasteiger partial charge is 0.306 e. The zero-order valence-electron chi connectivity index (χ0n) is 17.3. The number of ether oxygens (including phenoxy) is 2. The molecule has 3 rings (SSSR count). The van der Waals surface area contributed by atoms with Crippen molar-refractivity contribution in [1.29, 1.82) is 0 Å². The number of benzene rings is 2. The van der Waals surface area contributed by atoms with Gasteiger partial charge in [-0.25, -0.2) is 4.98 Å². The van der Waals surface area contributed by atoms with Crippen molar-refractivity contribution in [1.82, 2.24) is 10.3 Å². The van der Waals surface area contributed by atoms with Crippen LogP contribution >= 0.6 is 23.6 Å². The molecule has 0 bridgehead atoms. The molecule has 2 N–H and O–H groups in total. The third kappa shape index (κ3) is 6.81. The SMILES string of the molecule is COCCOC(=O)CCC(=O)NC(=S)Nc1ccc(-c2nc3ccc(C)cc3s2)cc1. The fourth-order valence-corrected chi connectivity index (χ4v) is 4.03. The summed E-state index contributed by atoms with van der Waals surface area (Å²) in [7, 11) is 1.52. The van der Waals surface area contributed by atoms with E-state index < -0.39 is 5.97 Å². The first kappa shape index (κ1) is 22.8. The molecule has 2 aromatic carbocycles. The van der Waals surface area contributed by atoms with Crippen LogP contribution in [-0.4, -0.2) is 42.3 Å². The lowest BCUT2D eigenvalue weighted by Gasteiger charge is -2.10. The van der Waals surface area contributed by atoms with E-state index in [1.165, 1.54) is 12.7 Å². The van der Waals surface area contributed by atoms with Gasteiger partial charge in [0.15, 0.2) is 5.11 Å². The van der Waals surface area contributed by atoms with Gasteiger partial charge in [-0.05, 0) is 61.1 Å². The monoisotopic (exact) mass is 457 g/mol. The van der Waals surface area contributed by atoms with Gasteiger partial charge in [0.05, 0.1) is 23.2 Å². The number of nitrogens with one attached hydrogen (secondary N) is 2. The van der Waals surface area contributed by atoms with Crippen LogP contribution in [-0.2, 0) is 19.1 Å². The van der Waals surface area contributed by atoms with Crippen molar-refractivity contribution in [3.63, 3.8) is 0 Å². The number of hydrogen-bond donors (Lipinski definition) is 2. The maximum absolute atomic E-state index is 11.9. The van der Waals surface area contributed by atoms with Crippen molar-refractivity contribution in [2.75, 3.05) is 25.6 Å². The van der Waals surface area contributed by atoms with E-state index in [0.29, 0.717) is 6.61 Å². The first-order valence-corrected chi connectivity index (χ1v) is 10.9. The second-order valence-electron chi connectivity index (χ2n) is 6.78. The summed E-state index contributed by atoms with van der Waals surface area (Å²) in [6, 6.07) is 13.9. The van der Waals surface area contributed by atoms with Gasteiger partial charge in [-0.15, -0.1) is 11.3 Å². The van der Waals surface area contributed by atoms with Crippen molar-refractivity contribution in [2.45, 2.75) is 19.8 Å². The summed E-state index contributed by atoms with van der Waals surface area (Å²) in [5, 5.41) is 6.64. The number of carbonyl (C=O) groups is 2. The topological polar surface area (TPSA) is 89.5 Å². The van der Waals surface area contributed by atoms with E-state index in [2.05, 4.69) is 34.7 Å². The van der Waals surface area contributed by atoms with Gasteiger partial charge in [-0.2, -0.15) is 0 Å². The second-order valence-corrected chi connectivity index (χ2v) is 8.22. The predicted molar refractivity (Wildman–Crippen MR) is 126 cm³/mol. The van der Waals surface area contributed by atoms with Crippen LogP contribution in [0.5, 0.6) is 0 Å². The molecule has 0 aliphatic carbocycles. The zero-order valence-corrected chi connectivity index (χ0v) is 18.9. The summed E-state index contributed by atoms with van der Waals surface area (Å²) >= 11 is 6.82. The molecule has 7 nitrogen and oxygen atoms in total. The molecule has 162 valence electrons. The molecule has 3 aromatic rings.